The molecule has 2 aromatic rings. The van der Waals surface area contributed by atoms with Gasteiger partial charge in [0, 0.05) is 17.5 Å². The van der Waals surface area contributed by atoms with Crippen LogP contribution in [0.4, 0.5) is 24.7 Å². The first-order valence-corrected chi connectivity index (χ1v) is 9.47. The van der Waals surface area contributed by atoms with Gasteiger partial charge < -0.3 is 19.6 Å². The Kier molecular flexibility index (Phi) is 6.47. The summed E-state index contributed by atoms with van der Waals surface area (Å²) in [6, 6.07) is 8.88. The fourth-order valence-electron chi connectivity index (χ4n) is 2.22. The lowest BCUT2D eigenvalue weighted by Crippen LogP contribution is -2.28. The molecule has 1 aromatic carbocycles. The molecule has 1 aromatic heterocycles. The number of nitrogens with one attached hydrogen (secondary N) is 2. The second-order valence-corrected chi connectivity index (χ2v) is 7.09. The van der Waals surface area contributed by atoms with Crippen molar-refractivity contribution >= 4 is 33.3 Å². The average Bonchev–Trinajstić information content (AvgIpc) is 2.60. The van der Waals surface area contributed by atoms with Gasteiger partial charge in [-0.1, -0.05) is 18.2 Å². The summed E-state index contributed by atoms with van der Waals surface area (Å²) in [4.78, 5) is 16.0. The number of rotatable bonds is 7. The smallest absolute Gasteiger partial charge is 0.462 e. The van der Waals surface area contributed by atoms with Crippen LogP contribution < -0.4 is 9.50 Å². The van der Waals surface area contributed by atoms with Crippen LogP contribution in [-0.2, 0) is 14.9 Å². The van der Waals surface area contributed by atoms with Gasteiger partial charge in [-0.25, -0.2) is 4.79 Å². The van der Waals surface area contributed by atoms with E-state index < -0.39 is 27.5 Å². The highest BCUT2D eigenvalue weighted by atomic mass is 32.2. The summed E-state index contributed by atoms with van der Waals surface area (Å²) in [6.07, 6.45) is 0. The first-order valence-electron chi connectivity index (χ1n) is 8.06. The molecule has 0 aliphatic carbocycles. The molecule has 0 amide bonds. The molecular weight excluding hydrogens is 415 g/mol. The fourth-order valence-corrected chi connectivity index (χ4v) is 2.63. The largest absolute Gasteiger partial charge is 0.534 e. The van der Waals surface area contributed by atoms with Gasteiger partial charge in [-0.3, -0.25) is 0 Å². The van der Waals surface area contributed by atoms with Crippen LogP contribution >= 0.6 is 0 Å². The topological polar surface area (TPSA) is 118 Å². The number of halogens is 3. The monoisotopic (exact) mass is 431 g/mol. The molecule has 0 bridgehead atoms. The molecule has 156 valence electrons. The Morgan fingerprint density at radius 2 is 1.86 bits per heavy atom. The average molecular weight is 431 g/mol. The van der Waals surface area contributed by atoms with E-state index in [0.29, 0.717) is 11.8 Å². The molecule has 29 heavy (non-hydrogen) atoms. The minimum atomic E-state index is -6.02. The van der Waals surface area contributed by atoms with Crippen molar-refractivity contribution in [3.05, 3.63) is 47.5 Å². The molecular formula is C17H16F3N3O5S. The van der Waals surface area contributed by atoms with Gasteiger partial charge in [-0.2, -0.15) is 26.6 Å². The van der Waals surface area contributed by atoms with E-state index in [9.17, 15) is 26.4 Å². The molecule has 0 aliphatic heterocycles. The SMILES string of the molecule is CCOC(=O)c1cc(OS(=O)(=O)C(F)(F)F)nc(Nc2ccccc2)c1C(C)=N. The Balaban J connectivity index is 2.66. The van der Waals surface area contributed by atoms with E-state index >= 15 is 0 Å². The van der Waals surface area contributed by atoms with E-state index in [-0.39, 0.29) is 29.3 Å². The molecule has 0 aliphatic rings. The third-order valence-corrected chi connectivity index (χ3v) is 4.34. The van der Waals surface area contributed by atoms with E-state index in [1.54, 1.807) is 30.3 Å². The van der Waals surface area contributed by atoms with Crippen LogP contribution in [0.25, 0.3) is 0 Å². The Labute approximate surface area is 164 Å². The zero-order chi connectivity index (χ0) is 21.8. The molecule has 0 radical (unpaired) electrons. The molecule has 2 rings (SSSR count). The molecule has 0 saturated carbocycles. The van der Waals surface area contributed by atoms with Gasteiger partial charge >= 0.3 is 21.6 Å². The molecule has 0 saturated heterocycles. The summed E-state index contributed by atoms with van der Waals surface area (Å²) in [5, 5.41) is 10.7. The van der Waals surface area contributed by atoms with Crippen LogP contribution in [0.15, 0.2) is 36.4 Å². The van der Waals surface area contributed by atoms with Crippen LogP contribution in [0.2, 0.25) is 0 Å². The second kappa shape index (κ2) is 8.47. The number of nitrogens with zero attached hydrogens (tertiary/aromatic N) is 1. The summed E-state index contributed by atoms with van der Waals surface area (Å²) in [6.45, 7) is 2.77. The van der Waals surface area contributed by atoms with Crippen molar-refractivity contribution in [1.29, 1.82) is 5.41 Å². The number of carbonyl (C=O) groups excluding carboxylic acids is 1. The van der Waals surface area contributed by atoms with Crippen molar-refractivity contribution in [2.75, 3.05) is 11.9 Å². The molecule has 8 nitrogen and oxygen atoms in total. The third kappa shape index (κ3) is 5.22. The third-order valence-electron chi connectivity index (χ3n) is 3.38. The summed E-state index contributed by atoms with van der Waals surface area (Å²) in [5.41, 5.74) is -5.89. The number of ether oxygens (including phenoxy) is 1. The Morgan fingerprint density at radius 3 is 2.38 bits per heavy atom. The lowest BCUT2D eigenvalue weighted by atomic mass is 10.0. The molecule has 0 spiro atoms. The number of hydrogen-bond acceptors (Lipinski definition) is 8. The van der Waals surface area contributed by atoms with Crippen molar-refractivity contribution in [3.8, 4) is 5.88 Å². The van der Waals surface area contributed by atoms with Gasteiger partial charge in [-0.15, -0.1) is 0 Å². The number of para-hydroxylation sites is 1. The van der Waals surface area contributed by atoms with E-state index in [1.807, 2.05) is 0 Å². The zero-order valence-electron chi connectivity index (χ0n) is 15.2. The minimum Gasteiger partial charge on any atom is -0.462 e. The van der Waals surface area contributed by atoms with Gasteiger partial charge in [0.25, 0.3) is 0 Å². The van der Waals surface area contributed by atoms with Gasteiger partial charge in [-0.05, 0) is 26.0 Å². The maximum absolute atomic E-state index is 12.7. The fraction of sp³-hybridized carbons (Fsp3) is 0.235. The number of alkyl halides is 3. The first kappa shape index (κ1) is 22.1. The second-order valence-electron chi connectivity index (χ2n) is 5.55. The predicted octanol–water partition coefficient (Wildman–Crippen LogP) is 3.62. The maximum atomic E-state index is 12.7. The summed E-state index contributed by atoms with van der Waals surface area (Å²) < 4.78 is 69.6. The minimum absolute atomic E-state index is 0.0594. The van der Waals surface area contributed by atoms with Crippen LogP contribution in [0.5, 0.6) is 5.88 Å². The van der Waals surface area contributed by atoms with E-state index in [1.165, 1.54) is 13.8 Å². The maximum Gasteiger partial charge on any atom is 0.534 e. The van der Waals surface area contributed by atoms with Crippen molar-refractivity contribution in [2.24, 2.45) is 0 Å². The van der Waals surface area contributed by atoms with Gasteiger partial charge in [0.15, 0.2) is 0 Å². The van der Waals surface area contributed by atoms with Gasteiger partial charge in [0.2, 0.25) is 5.88 Å². The molecule has 0 unspecified atom stereocenters. The number of hydrogen-bond donors (Lipinski definition) is 2. The molecule has 12 heteroatoms. The Morgan fingerprint density at radius 1 is 1.24 bits per heavy atom. The normalized spacial score (nSPS) is 11.6. The lowest BCUT2D eigenvalue weighted by Gasteiger charge is -2.16. The summed E-state index contributed by atoms with van der Waals surface area (Å²) >= 11 is 0. The van der Waals surface area contributed by atoms with E-state index in [4.69, 9.17) is 10.1 Å². The summed E-state index contributed by atoms with van der Waals surface area (Å²) in [5.74, 6) is -2.24. The highest BCUT2D eigenvalue weighted by molar-refractivity contribution is 7.87. The van der Waals surface area contributed by atoms with Crippen molar-refractivity contribution in [1.82, 2.24) is 4.98 Å². The van der Waals surface area contributed by atoms with Crippen LogP contribution in [0.1, 0.15) is 29.8 Å². The zero-order valence-corrected chi connectivity index (χ0v) is 16.0. The van der Waals surface area contributed by atoms with Crippen LogP contribution in [-0.4, -0.2) is 37.2 Å². The number of pyridine rings is 1. The van der Waals surface area contributed by atoms with Crippen molar-refractivity contribution < 1.29 is 35.3 Å². The van der Waals surface area contributed by atoms with Crippen molar-refractivity contribution in [2.45, 2.75) is 19.4 Å². The number of aromatic nitrogens is 1. The molecule has 0 fully saturated rings. The number of esters is 1. The van der Waals surface area contributed by atoms with Crippen LogP contribution in [0.3, 0.4) is 0 Å². The first-order chi connectivity index (χ1) is 13.5. The predicted molar refractivity (Wildman–Crippen MR) is 98.0 cm³/mol. The number of benzene rings is 1. The Hall–Kier alpha value is -3.15. The lowest BCUT2D eigenvalue weighted by molar-refractivity contribution is -0.0501. The molecule has 1 heterocycles. The summed E-state index contributed by atoms with van der Waals surface area (Å²) in [7, 11) is -6.02. The highest BCUT2D eigenvalue weighted by Crippen LogP contribution is 2.31. The van der Waals surface area contributed by atoms with E-state index in [0.717, 1.165) is 0 Å². The highest BCUT2D eigenvalue weighted by Gasteiger charge is 2.49. The van der Waals surface area contributed by atoms with Crippen LogP contribution in [0, 0.1) is 5.41 Å². The molecule has 0 atom stereocenters. The van der Waals surface area contributed by atoms with E-state index in [2.05, 4.69) is 14.5 Å². The molecule has 2 N–H and O–H groups in total. The number of carbonyl (C=O) groups is 1. The van der Waals surface area contributed by atoms with Gasteiger partial charge in [0.05, 0.1) is 17.7 Å². The quantitative estimate of drug-likeness (QED) is 0.297. The van der Waals surface area contributed by atoms with Crippen molar-refractivity contribution in [3.63, 3.8) is 0 Å². The Bertz CT molecular complexity index is 1020. The number of anilines is 2. The van der Waals surface area contributed by atoms with Gasteiger partial charge in [0.1, 0.15) is 5.82 Å². The standard InChI is InChI=1S/C17H16F3N3O5S/c1-3-27-16(24)12-9-13(28-29(25,26)17(18,19)20)23-15(14(12)10(2)21)22-11-7-5-4-6-8-11/h4-9,21H,3H2,1-2H3,(H,22,23).